The summed E-state index contributed by atoms with van der Waals surface area (Å²) < 4.78 is 11.9. The van der Waals surface area contributed by atoms with Gasteiger partial charge in [0.15, 0.2) is 0 Å². The predicted octanol–water partition coefficient (Wildman–Crippen LogP) is 5.70. The highest BCUT2D eigenvalue weighted by molar-refractivity contribution is 5.83. The van der Waals surface area contributed by atoms with Crippen LogP contribution in [0.25, 0.3) is 11.3 Å². The molecule has 0 saturated carbocycles. The van der Waals surface area contributed by atoms with Crippen molar-refractivity contribution < 1.29 is 13.9 Å². The molecule has 2 heterocycles. The van der Waals surface area contributed by atoms with Gasteiger partial charge in [-0.15, -0.1) is 0 Å². The molecule has 36 heavy (non-hydrogen) atoms. The third-order valence-corrected chi connectivity index (χ3v) is 7.38. The van der Waals surface area contributed by atoms with Crippen LogP contribution in [0, 0.1) is 5.92 Å². The molecule has 1 aromatic heterocycles. The Morgan fingerprint density at radius 2 is 1.64 bits per heavy atom. The van der Waals surface area contributed by atoms with Gasteiger partial charge in [0.25, 0.3) is 0 Å². The van der Waals surface area contributed by atoms with Crippen LogP contribution in [-0.2, 0) is 4.79 Å². The lowest BCUT2D eigenvalue weighted by Crippen LogP contribution is -2.41. The lowest BCUT2D eigenvalue weighted by molar-refractivity contribution is -0.120. The Morgan fingerprint density at radius 1 is 0.944 bits per heavy atom. The van der Waals surface area contributed by atoms with Gasteiger partial charge in [-0.05, 0) is 60.2 Å². The monoisotopic (exact) mass is 480 g/mol. The summed E-state index contributed by atoms with van der Waals surface area (Å²) in [5.41, 5.74) is 9.29. The van der Waals surface area contributed by atoms with Crippen molar-refractivity contribution in [1.29, 1.82) is 0 Å². The van der Waals surface area contributed by atoms with E-state index in [0.717, 1.165) is 47.9 Å². The number of amides is 1. The van der Waals surface area contributed by atoms with Gasteiger partial charge in [-0.25, -0.2) is 0 Å². The number of rotatable bonds is 8. The summed E-state index contributed by atoms with van der Waals surface area (Å²) in [6.45, 7) is 1.72. The number of hydrogen-bond acceptors (Lipinski definition) is 4. The summed E-state index contributed by atoms with van der Waals surface area (Å²) in [7, 11) is 1.64. The van der Waals surface area contributed by atoms with Gasteiger partial charge in [0, 0.05) is 18.0 Å². The normalized spacial score (nSPS) is 19.4. The number of methoxy groups -OCH3 is 1. The molecule has 4 atom stereocenters. The molecule has 1 saturated heterocycles. The van der Waals surface area contributed by atoms with Crippen LogP contribution in [0.5, 0.6) is 5.75 Å². The Bertz CT molecular complexity index is 1270. The van der Waals surface area contributed by atoms with Crippen LogP contribution in [0.15, 0.2) is 101 Å². The van der Waals surface area contributed by atoms with E-state index in [1.807, 2.05) is 72.8 Å². The van der Waals surface area contributed by atoms with E-state index in [0.29, 0.717) is 0 Å². The number of nitrogens with one attached hydrogen (secondary N) is 1. The highest BCUT2D eigenvalue weighted by atomic mass is 16.5. The number of piperidine rings is 1. The number of hydrogen-bond donors (Lipinski definition) is 2. The molecule has 4 unspecified atom stereocenters. The van der Waals surface area contributed by atoms with Crippen LogP contribution >= 0.6 is 0 Å². The second-order valence-electron chi connectivity index (χ2n) is 9.42. The summed E-state index contributed by atoms with van der Waals surface area (Å²) in [6, 6.07) is 32.3. The Labute approximate surface area is 212 Å². The van der Waals surface area contributed by atoms with Gasteiger partial charge in [0.2, 0.25) is 5.91 Å². The molecule has 0 aliphatic carbocycles. The first-order chi connectivity index (χ1) is 17.7. The maximum absolute atomic E-state index is 13.2. The van der Waals surface area contributed by atoms with Crippen molar-refractivity contribution in [2.75, 3.05) is 20.2 Å². The van der Waals surface area contributed by atoms with Crippen molar-refractivity contribution in [3.63, 3.8) is 0 Å². The van der Waals surface area contributed by atoms with E-state index in [4.69, 9.17) is 14.9 Å². The van der Waals surface area contributed by atoms with Crippen LogP contribution in [0.2, 0.25) is 0 Å². The number of nitrogens with two attached hydrogens (primary N) is 1. The van der Waals surface area contributed by atoms with Gasteiger partial charge in [0.1, 0.15) is 17.3 Å². The minimum Gasteiger partial charge on any atom is -0.497 e. The van der Waals surface area contributed by atoms with Gasteiger partial charge in [0.05, 0.1) is 13.0 Å². The summed E-state index contributed by atoms with van der Waals surface area (Å²) >= 11 is 0. The van der Waals surface area contributed by atoms with Gasteiger partial charge in [-0.1, -0.05) is 72.8 Å². The number of carbonyl (C=O) groups excluding carboxylic acids is 1. The fraction of sp³-hybridized carbons (Fsp3) is 0.258. The van der Waals surface area contributed by atoms with Crippen molar-refractivity contribution in [2.45, 2.75) is 24.2 Å². The van der Waals surface area contributed by atoms with E-state index < -0.39 is 5.92 Å². The molecule has 0 bridgehead atoms. The molecule has 3 N–H and O–H groups in total. The highest BCUT2D eigenvalue weighted by Gasteiger charge is 2.42. The maximum atomic E-state index is 13.2. The maximum Gasteiger partial charge on any atom is 0.225 e. The number of furan rings is 1. The molecule has 1 amide bonds. The molecular formula is C31H32N2O3. The third kappa shape index (κ3) is 4.93. The average molecular weight is 481 g/mol. The van der Waals surface area contributed by atoms with Gasteiger partial charge < -0.3 is 20.2 Å². The first kappa shape index (κ1) is 23.9. The van der Waals surface area contributed by atoms with Crippen molar-refractivity contribution in [3.8, 4) is 17.1 Å². The minimum atomic E-state index is -0.542. The fourth-order valence-corrected chi connectivity index (χ4v) is 5.65. The molecule has 1 fully saturated rings. The highest BCUT2D eigenvalue weighted by Crippen LogP contribution is 2.48. The molecule has 0 radical (unpaired) electrons. The van der Waals surface area contributed by atoms with Crippen molar-refractivity contribution in [2.24, 2.45) is 11.7 Å². The third-order valence-electron chi connectivity index (χ3n) is 7.38. The van der Waals surface area contributed by atoms with E-state index in [-0.39, 0.29) is 23.7 Å². The largest absolute Gasteiger partial charge is 0.497 e. The number of benzene rings is 3. The lowest BCUT2D eigenvalue weighted by atomic mass is 9.67. The molecular weight excluding hydrogens is 448 g/mol. The van der Waals surface area contributed by atoms with Gasteiger partial charge in [-0.2, -0.15) is 0 Å². The Balaban J connectivity index is 1.62. The standard InChI is InChI=1S/C31H32N2O3/c1-35-24-14-12-23(13-15-24)29(31(32)34)30(28-17-16-27(36-28)22-10-6-3-7-11-22)25-18-19-33-20-26(25)21-8-4-2-5-9-21/h2-17,25-26,29-30,33H,18-20H2,1H3,(H2,32,34). The predicted molar refractivity (Wildman–Crippen MR) is 142 cm³/mol. The summed E-state index contributed by atoms with van der Waals surface area (Å²) in [5, 5.41) is 3.56. The molecule has 0 spiro atoms. The van der Waals surface area contributed by atoms with Crippen LogP contribution in [0.4, 0.5) is 0 Å². The second kappa shape index (κ2) is 10.8. The van der Waals surface area contributed by atoms with Crippen LogP contribution in [0.1, 0.15) is 41.1 Å². The van der Waals surface area contributed by atoms with Crippen LogP contribution < -0.4 is 15.8 Å². The van der Waals surface area contributed by atoms with E-state index in [1.54, 1.807) is 7.11 Å². The Morgan fingerprint density at radius 3 is 2.31 bits per heavy atom. The second-order valence-corrected chi connectivity index (χ2v) is 9.42. The summed E-state index contributed by atoms with van der Waals surface area (Å²) in [6.07, 6.45) is 0.908. The minimum absolute atomic E-state index is 0.156. The molecule has 5 heteroatoms. The SMILES string of the molecule is COc1ccc(C(C(N)=O)C(c2ccc(-c3ccccc3)o2)C2CCNCC2c2ccccc2)cc1. The smallest absolute Gasteiger partial charge is 0.225 e. The zero-order valence-corrected chi connectivity index (χ0v) is 20.5. The zero-order chi connectivity index (χ0) is 24.9. The van der Waals surface area contributed by atoms with Gasteiger partial charge in [-0.3, -0.25) is 4.79 Å². The molecule has 3 aromatic carbocycles. The molecule has 4 aromatic rings. The first-order valence-corrected chi connectivity index (χ1v) is 12.5. The topological polar surface area (TPSA) is 77.5 Å². The van der Waals surface area contributed by atoms with E-state index in [2.05, 4.69) is 29.6 Å². The first-order valence-electron chi connectivity index (χ1n) is 12.5. The molecule has 5 nitrogen and oxygen atoms in total. The Hall–Kier alpha value is -3.83. The Kier molecular flexibility index (Phi) is 7.19. The molecule has 1 aliphatic heterocycles. The average Bonchev–Trinajstić information content (AvgIpc) is 3.42. The fourth-order valence-electron chi connectivity index (χ4n) is 5.65. The van der Waals surface area contributed by atoms with Crippen molar-refractivity contribution >= 4 is 5.91 Å². The molecule has 5 rings (SSSR count). The zero-order valence-electron chi connectivity index (χ0n) is 20.5. The van der Waals surface area contributed by atoms with E-state index in [1.165, 1.54) is 5.56 Å². The molecule has 184 valence electrons. The van der Waals surface area contributed by atoms with Crippen LogP contribution in [-0.4, -0.2) is 26.1 Å². The summed E-state index contributed by atoms with van der Waals surface area (Å²) in [5.74, 6) is 1.58. The number of primary amides is 1. The van der Waals surface area contributed by atoms with E-state index >= 15 is 0 Å². The lowest BCUT2D eigenvalue weighted by Gasteiger charge is -2.40. The molecule has 1 aliphatic rings. The number of carbonyl (C=O) groups is 1. The quantitative estimate of drug-likeness (QED) is 0.339. The van der Waals surface area contributed by atoms with Gasteiger partial charge >= 0.3 is 0 Å². The van der Waals surface area contributed by atoms with Crippen molar-refractivity contribution in [1.82, 2.24) is 5.32 Å². The van der Waals surface area contributed by atoms with E-state index in [9.17, 15) is 4.79 Å². The van der Waals surface area contributed by atoms with Crippen LogP contribution in [0.3, 0.4) is 0 Å². The summed E-state index contributed by atoms with van der Waals surface area (Å²) in [4.78, 5) is 13.2. The number of ether oxygens (including phenoxy) is 1. The van der Waals surface area contributed by atoms with Crippen molar-refractivity contribution in [3.05, 3.63) is 114 Å².